The summed E-state index contributed by atoms with van der Waals surface area (Å²) in [6.07, 6.45) is 36.0. The number of ether oxygens (including phenoxy) is 2. The van der Waals surface area contributed by atoms with Gasteiger partial charge in [0.1, 0.15) is 11.4 Å². The highest BCUT2D eigenvalue weighted by Crippen LogP contribution is 2.31. The third kappa shape index (κ3) is 30.6. The van der Waals surface area contributed by atoms with Gasteiger partial charge in [-0.3, -0.25) is 0 Å². The normalized spacial score (nSPS) is 12.7. The number of unbranched alkanes of at least 4 members (excludes halogenated alkanes) is 26. The SMILES string of the molecule is CCCCCCCCCCCCCCCCOCC(O)CNc1cccc(O)c1NCC(O)COCCCCCCCCCCCCCCCC. The van der Waals surface area contributed by atoms with Gasteiger partial charge >= 0.3 is 0 Å². The van der Waals surface area contributed by atoms with E-state index in [4.69, 9.17) is 9.47 Å². The number of aliphatic hydroxyl groups is 2. The van der Waals surface area contributed by atoms with Crippen LogP contribution in [0.25, 0.3) is 0 Å². The predicted molar refractivity (Wildman–Crippen MR) is 219 cm³/mol. The highest BCUT2D eigenvalue weighted by atomic mass is 16.5. The molecular weight excluding hydrogens is 636 g/mol. The van der Waals surface area contributed by atoms with Gasteiger partial charge in [-0.15, -0.1) is 0 Å². The van der Waals surface area contributed by atoms with Crippen molar-refractivity contribution in [3.63, 3.8) is 0 Å². The number of phenolic OH excluding ortho intramolecular Hbond substituents is 1. The van der Waals surface area contributed by atoms with E-state index in [2.05, 4.69) is 24.5 Å². The molecule has 0 bridgehead atoms. The number of hydrogen-bond donors (Lipinski definition) is 5. The molecule has 2 unspecified atom stereocenters. The van der Waals surface area contributed by atoms with Gasteiger partial charge in [-0.2, -0.15) is 0 Å². The fourth-order valence-electron chi connectivity index (χ4n) is 6.67. The van der Waals surface area contributed by atoms with Crippen molar-refractivity contribution in [3.05, 3.63) is 18.2 Å². The molecule has 1 aromatic carbocycles. The Kier molecular flexibility index (Phi) is 34.3. The highest BCUT2D eigenvalue weighted by molar-refractivity contribution is 5.75. The van der Waals surface area contributed by atoms with Crippen LogP contribution in [-0.2, 0) is 9.47 Å². The van der Waals surface area contributed by atoms with Gasteiger partial charge in [0.2, 0.25) is 0 Å². The van der Waals surface area contributed by atoms with Gasteiger partial charge in [0.15, 0.2) is 0 Å². The van der Waals surface area contributed by atoms with E-state index in [0.717, 1.165) is 12.8 Å². The standard InChI is InChI=1S/C44H84N2O5/c1-3-5-7-9-11-13-15-17-19-21-23-25-27-29-34-50-38-40(47)36-45-42-32-31-33-43(49)44(42)46-37-41(48)39-51-35-30-28-26-24-22-20-18-16-14-12-10-8-6-4-2/h31-33,40-41,45-49H,3-30,34-39H2,1-2H3. The van der Waals surface area contributed by atoms with Gasteiger partial charge in [0, 0.05) is 26.3 Å². The van der Waals surface area contributed by atoms with Gasteiger partial charge in [0.05, 0.1) is 31.1 Å². The first-order valence-electron chi connectivity index (χ1n) is 21.9. The molecule has 2 atom stereocenters. The molecule has 5 N–H and O–H groups in total. The van der Waals surface area contributed by atoms with Crippen LogP contribution in [0.2, 0.25) is 0 Å². The first kappa shape index (κ1) is 47.5. The molecule has 0 saturated carbocycles. The molecule has 0 saturated heterocycles. The van der Waals surface area contributed by atoms with E-state index in [1.807, 2.05) is 6.07 Å². The first-order valence-corrected chi connectivity index (χ1v) is 21.9. The van der Waals surface area contributed by atoms with E-state index in [-0.39, 0.29) is 25.5 Å². The van der Waals surface area contributed by atoms with Gasteiger partial charge in [-0.05, 0) is 25.0 Å². The zero-order valence-electron chi connectivity index (χ0n) is 33.6. The molecule has 0 heterocycles. The van der Waals surface area contributed by atoms with E-state index < -0.39 is 12.2 Å². The maximum absolute atomic E-state index is 10.5. The second-order valence-corrected chi connectivity index (χ2v) is 15.1. The van der Waals surface area contributed by atoms with E-state index >= 15 is 0 Å². The summed E-state index contributed by atoms with van der Waals surface area (Å²) in [4.78, 5) is 0. The predicted octanol–water partition coefficient (Wildman–Crippen LogP) is 11.9. The van der Waals surface area contributed by atoms with Crippen LogP contribution in [0, 0.1) is 0 Å². The first-order chi connectivity index (χ1) is 25.1. The molecule has 7 nitrogen and oxygen atoms in total. The molecule has 0 fully saturated rings. The number of hydrogen-bond acceptors (Lipinski definition) is 7. The lowest BCUT2D eigenvalue weighted by Crippen LogP contribution is -2.27. The average Bonchev–Trinajstić information content (AvgIpc) is 3.13. The average molecular weight is 721 g/mol. The van der Waals surface area contributed by atoms with Crippen molar-refractivity contribution in [1.29, 1.82) is 0 Å². The Hall–Kier alpha value is -1.54. The van der Waals surface area contributed by atoms with Gasteiger partial charge in [0.25, 0.3) is 0 Å². The zero-order valence-corrected chi connectivity index (χ0v) is 33.6. The number of benzene rings is 1. The number of phenols is 1. The molecule has 0 aliphatic rings. The Morgan fingerprint density at radius 3 is 1.18 bits per heavy atom. The molecule has 0 amide bonds. The fraction of sp³-hybridized carbons (Fsp3) is 0.864. The molecule has 0 aliphatic heterocycles. The van der Waals surface area contributed by atoms with Crippen molar-refractivity contribution in [2.75, 3.05) is 50.2 Å². The summed E-state index contributed by atoms with van der Waals surface area (Å²) in [6, 6.07) is 5.22. The smallest absolute Gasteiger partial charge is 0.140 e. The summed E-state index contributed by atoms with van der Waals surface area (Å²) in [7, 11) is 0. The molecule has 0 radical (unpaired) electrons. The van der Waals surface area contributed by atoms with Crippen LogP contribution >= 0.6 is 0 Å². The van der Waals surface area contributed by atoms with Crippen LogP contribution in [0.5, 0.6) is 5.75 Å². The lowest BCUT2D eigenvalue weighted by atomic mass is 10.0. The number of rotatable bonds is 40. The summed E-state index contributed by atoms with van der Waals surface area (Å²) in [6.45, 7) is 7.00. The lowest BCUT2D eigenvalue weighted by Gasteiger charge is -2.19. The van der Waals surface area contributed by atoms with Crippen LogP contribution in [0.3, 0.4) is 0 Å². The fourth-order valence-corrected chi connectivity index (χ4v) is 6.67. The van der Waals surface area contributed by atoms with Crippen molar-refractivity contribution in [2.45, 2.75) is 206 Å². The van der Waals surface area contributed by atoms with Crippen molar-refractivity contribution in [1.82, 2.24) is 0 Å². The number of nitrogens with one attached hydrogen (secondary N) is 2. The Balaban J connectivity index is 2.02. The molecule has 1 rings (SSSR count). The quantitative estimate of drug-likeness (QED) is 0.0340. The minimum atomic E-state index is -0.682. The molecule has 51 heavy (non-hydrogen) atoms. The molecule has 300 valence electrons. The highest BCUT2D eigenvalue weighted by Gasteiger charge is 2.12. The van der Waals surface area contributed by atoms with Crippen molar-refractivity contribution in [3.8, 4) is 5.75 Å². The van der Waals surface area contributed by atoms with Crippen LogP contribution in [0.15, 0.2) is 18.2 Å². The summed E-state index contributed by atoms with van der Waals surface area (Å²) in [5.41, 5.74) is 1.19. The topological polar surface area (TPSA) is 103 Å². The third-order valence-corrected chi connectivity index (χ3v) is 9.99. The van der Waals surface area contributed by atoms with E-state index in [9.17, 15) is 15.3 Å². The molecule has 0 spiro atoms. The number of aliphatic hydroxyl groups excluding tert-OH is 2. The Bertz CT molecular complexity index is 857. The maximum Gasteiger partial charge on any atom is 0.140 e. The van der Waals surface area contributed by atoms with Crippen LogP contribution in [0.1, 0.15) is 194 Å². The van der Waals surface area contributed by atoms with Crippen molar-refractivity contribution < 1.29 is 24.8 Å². The molecule has 1 aromatic rings. The Labute approximate surface area is 315 Å². The monoisotopic (exact) mass is 721 g/mol. The second-order valence-electron chi connectivity index (χ2n) is 15.1. The van der Waals surface area contributed by atoms with E-state index in [0.29, 0.717) is 31.1 Å². The Morgan fingerprint density at radius 2 is 0.804 bits per heavy atom. The van der Waals surface area contributed by atoms with Crippen LogP contribution in [-0.4, -0.2) is 67.0 Å². The molecule has 0 aliphatic carbocycles. The zero-order chi connectivity index (χ0) is 36.9. The molecule has 0 aromatic heterocycles. The summed E-state index contributed by atoms with van der Waals surface area (Å²) in [5.74, 6) is 0.0964. The Morgan fingerprint density at radius 1 is 0.471 bits per heavy atom. The summed E-state index contributed by atoms with van der Waals surface area (Å²) >= 11 is 0. The number of aromatic hydroxyl groups is 1. The van der Waals surface area contributed by atoms with Crippen molar-refractivity contribution >= 4 is 11.4 Å². The van der Waals surface area contributed by atoms with Gasteiger partial charge in [-0.1, -0.05) is 187 Å². The largest absolute Gasteiger partial charge is 0.506 e. The second kappa shape index (κ2) is 36.8. The van der Waals surface area contributed by atoms with Crippen LogP contribution < -0.4 is 10.6 Å². The van der Waals surface area contributed by atoms with E-state index in [1.54, 1.807) is 12.1 Å². The molecule has 7 heteroatoms. The van der Waals surface area contributed by atoms with Gasteiger partial charge < -0.3 is 35.4 Å². The van der Waals surface area contributed by atoms with E-state index in [1.165, 1.54) is 167 Å². The van der Waals surface area contributed by atoms with Crippen molar-refractivity contribution in [2.24, 2.45) is 0 Å². The lowest BCUT2D eigenvalue weighted by molar-refractivity contribution is 0.0414. The summed E-state index contributed by atoms with van der Waals surface area (Å²) < 4.78 is 11.5. The maximum atomic E-state index is 10.5. The molecular formula is C44H84N2O5. The summed E-state index contributed by atoms with van der Waals surface area (Å²) in [5, 5.41) is 37.7. The minimum Gasteiger partial charge on any atom is -0.506 e. The minimum absolute atomic E-state index is 0.0964. The van der Waals surface area contributed by atoms with Crippen LogP contribution in [0.4, 0.5) is 11.4 Å². The number of anilines is 2. The third-order valence-electron chi connectivity index (χ3n) is 9.99. The van der Waals surface area contributed by atoms with Gasteiger partial charge in [-0.25, -0.2) is 0 Å². The number of para-hydroxylation sites is 1.